The Morgan fingerprint density at radius 2 is 1.70 bits per heavy atom. The number of carbonyl (C=O) groups excluding carboxylic acids is 2. The molecule has 2 heterocycles. The second-order valence-corrected chi connectivity index (χ2v) is 8.46. The van der Waals surface area contributed by atoms with E-state index in [9.17, 15) is 9.59 Å². The number of rotatable bonds is 5. The zero-order valence-corrected chi connectivity index (χ0v) is 18.0. The van der Waals surface area contributed by atoms with E-state index < -0.39 is 0 Å². The number of ether oxygens (including phenoxy) is 2. The second-order valence-electron chi connectivity index (χ2n) is 7.61. The van der Waals surface area contributed by atoms with E-state index in [1.54, 1.807) is 30.3 Å². The van der Waals surface area contributed by atoms with Crippen molar-refractivity contribution in [1.29, 1.82) is 0 Å². The number of ketones is 1. The molecule has 2 aromatic carbocycles. The minimum absolute atomic E-state index is 0.0812. The van der Waals surface area contributed by atoms with Crippen molar-refractivity contribution in [3.8, 4) is 11.5 Å². The highest BCUT2D eigenvalue weighted by molar-refractivity contribution is 6.35. The van der Waals surface area contributed by atoms with Crippen LogP contribution in [0.5, 0.6) is 11.5 Å². The number of carbonyl (C=O) groups is 2. The molecule has 0 N–H and O–H groups in total. The van der Waals surface area contributed by atoms with Crippen molar-refractivity contribution in [3.05, 3.63) is 57.6 Å². The van der Waals surface area contributed by atoms with Gasteiger partial charge in [-0.1, -0.05) is 29.3 Å². The Labute approximate surface area is 185 Å². The van der Waals surface area contributed by atoms with Crippen LogP contribution in [0.25, 0.3) is 0 Å². The predicted molar refractivity (Wildman–Crippen MR) is 116 cm³/mol. The first-order valence-electron chi connectivity index (χ1n) is 10.2. The number of benzene rings is 2. The van der Waals surface area contributed by atoms with Crippen LogP contribution in [-0.2, 0) is 11.2 Å². The summed E-state index contributed by atoms with van der Waals surface area (Å²) in [6.45, 7) is 2.20. The predicted octanol–water partition coefficient (Wildman–Crippen LogP) is 4.82. The molecule has 0 bridgehead atoms. The molecule has 7 heteroatoms. The fourth-order valence-electron chi connectivity index (χ4n) is 3.95. The summed E-state index contributed by atoms with van der Waals surface area (Å²) in [5.74, 6) is 1.42. The van der Waals surface area contributed by atoms with E-state index in [0.29, 0.717) is 79.1 Å². The van der Waals surface area contributed by atoms with Crippen molar-refractivity contribution in [2.24, 2.45) is 5.92 Å². The van der Waals surface area contributed by atoms with Gasteiger partial charge >= 0.3 is 0 Å². The van der Waals surface area contributed by atoms with Gasteiger partial charge in [0.25, 0.3) is 0 Å². The van der Waals surface area contributed by atoms with Gasteiger partial charge in [-0.2, -0.15) is 0 Å². The Balaban J connectivity index is 1.30. The molecular formula is C23H23Cl2NO4. The minimum atomic E-state index is -0.0812. The van der Waals surface area contributed by atoms with Crippen molar-refractivity contribution in [2.45, 2.75) is 25.7 Å². The monoisotopic (exact) mass is 447 g/mol. The second kappa shape index (κ2) is 9.27. The van der Waals surface area contributed by atoms with E-state index in [1.165, 1.54) is 0 Å². The van der Waals surface area contributed by atoms with Crippen molar-refractivity contribution in [2.75, 3.05) is 26.3 Å². The van der Waals surface area contributed by atoms with Gasteiger partial charge in [-0.15, -0.1) is 0 Å². The molecule has 0 spiro atoms. The van der Waals surface area contributed by atoms with Crippen LogP contribution in [0.15, 0.2) is 36.4 Å². The van der Waals surface area contributed by atoms with Gasteiger partial charge in [-0.3, -0.25) is 9.59 Å². The van der Waals surface area contributed by atoms with E-state index in [4.69, 9.17) is 32.7 Å². The molecule has 0 saturated carbocycles. The normalized spacial score (nSPS) is 16.4. The van der Waals surface area contributed by atoms with Crippen molar-refractivity contribution < 1.29 is 19.1 Å². The number of fused-ring (bicyclic) bond motifs is 1. The first-order valence-corrected chi connectivity index (χ1v) is 10.9. The molecule has 0 aromatic heterocycles. The number of hydrogen-bond acceptors (Lipinski definition) is 4. The van der Waals surface area contributed by atoms with Gasteiger partial charge in [0.1, 0.15) is 13.2 Å². The fourth-order valence-corrected chi connectivity index (χ4v) is 4.45. The topological polar surface area (TPSA) is 55.8 Å². The summed E-state index contributed by atoms with van der Waals surface area (Å²) in [7, 11) is 0. The van der Waals surface area contributed by atoms with Gasteiger partial charge < -0.3 is 14.4 Å². The van der Waals surface area contributed by atoms with Crippen LogP contribution < -0.4 is 9.47 Å². The maximum absolute atomic E-state index is 12.9. The first-order chi connectivity index (χ1) is 14.5. The maximum Gasteiger partial charge on any atom is 0.222 e. The quantitative estimate of drug-likeness (QED) is 0.616. The summed E-state index contributed by atoms with van der Waals surface area (Å²) >= 11 is 12.1. The molecule has 5 nitrogen and oxygen atoms in total. The molecule has 2 aliphatic heterocycles. The summed E-state index contributed by atoms with van der Waals surface area (Å²) in [6.07, 6.45) is 2.30. The first kappa shape index (κ1) is 21.0. The highest BCUT2D eigenvalue weighted by Gasteiger charge is 2.28. The summed E-state index contributed by atoms with van der Waals surface area (Å²) in [5, 5.41) is 1.17. The average molecular weight is 448 g/mol. The van der Waals surface area contributed by atoms with E-state index in [2.05, 4.69) is 0 Å². The Hall–Kier alpha value is -2.24. The van der Waals surface area contributed by atoms with Crippen LogP contribution >= 0.6 is 23.2 Å². The number of hydrogen-bond donors (Lipinski definition) is 0. The SMILES string of the molecule is O=C(c1ccc2c(c1)OCCO2)C1CCN(C(=O)CCc2ccc(Cl)cc2Cl)CC1. The van der Waals surface area contributed by atoms with Crippen molar-refractivity contribution >= 4 is 34.9 Å². The lowest BCUT2D eigenvalue weighted by molar-refractivity contribution is -0.132. The van der Waals surface area contributed by atoms with Crippen LogP contribution in [0.3, 0.4) is 0 Å². The van der Waals surface area contributed by atoms with Crippen molar-refractivity contribution in [1.82, 2.24) is 4.90 Å². The smallest absolute Gasteiger partial charge is 0.222 e. The largest absolute Gasteiger partial charge is 0.486 e. The zero-order chi connectivity index (χ0) is 21.1. The Morgan fingerprint density at radius 1 is 0.967 bits per heavy atom. The summed E-state index contributed by atoms with van der Waals surface area (Å²) in [6, 6.07) is 10.7. The van der Waals surface area contributed by atoms with Crippen molar-refractivity contribution in [3.63, 3.8) is 0 Å². The van der Waals surface area contributed by atoms with Crippen LogP contribution in [0.4, 0.5) is 0 Å². The summed E-state index contributed by atoms with van der Waals surface area (Å²) < 4.78 is 11.1. The van der Waals surface area contributed by atoms with Gasteiger partial charge in [0.05, 0.1) is 0 Å². The van der Waals surface area contributed by atoms with Gasteiger partial charge in [-0.05, 0) is 55.2 Å². The molecule has 2 aromatic rings. The molecule has 1 amide bonds. The maximum atomic E-state index is 12.9. The van der Waals surface area contributed by atoms with Crippen LogP contribution in [0, 0.1) is 5.92 Å². The highest BCUT2D eigenvalue weighted by atomic mass is 35.5. The molecule has 1 saturated heterocycles. The molecule has 0 aliphatic carbocycles. The third kappa shape index (κ3) is 4.73. The lowest BCUT2D eigenvalue weighted by atomic mass is 9.88. The number of piperidine rings is 1. The van der Waals surface area contributed by atoms with Crippen LogP contribution in [-0.4, -0.2) is 42.9 Å². The summed E-state index contributed by atoms with van der Waals surface area (Å²) in [4.78, 5) is 27.4. The van der Waals surface area contributed by atoms with Gasteiger partial charge in [0.2, 0.25) is 5.91 Å². The number of nitrogens with zero attached hydrogens (tertiary/aromatic N) is 1. The average Bonchev–Trinajstić information content (AvgIpc) is 2.77. The Morgan fingerprint density at radius 3 is 2.43 bits per heavy atom. The van der Waals surface area contributed by atoms with Gasteiger partial charge in [0.15, 0.2) is 17.3 Å². The number of halogens is 2. The third-order valence-electron chi connectivity index (χ3n) is 5.67. The molecule has 0 atom stereocenters. The minimum Gasteiger partial charge on any atom is -0.486 e. The van der Waals surface area contributed by atoms with E-state index in [-0.39, 0.29) is 17.6 Å². The van der Waals surface area contributed by atoms with E-state index >= 15 is 0 Å². The van der Waals surface area contributed by atoms with Crippen LogP contribution in [0.2, 0.25) is 10.0 Å². The molecule has 30 heavy (non-hydrogen) atoms. The Bertz CT molecular complexity index is 954. The molecule has 2 aliphatic rings. The number of likely N-dealkylation sites (tertiary alicyclic amines) is 1. The lowest BCUT2D eigenvalue weighted by Crippen LogP contribution is -2.40. The molecule has 0 unspecified atom stereocenters. The number of aryl methyl sites for hydroxylation is 1. The van der Waals surface area contributed by atoms with Crippen LogP contribution in [0.1, 0.15) is 35.2 Å². The van der Waals surface area contributed by atoms with E-state index in [0.717, 1.165) is 5.56 Å². The molecule has 0 radical (unpaired) electrons. The highest BCUT2D eigenvalue weighted by Crippen LogP contribution is 2.32. The molecule has 4 rings (SSSR count). The van der Waals surface area contributed by atoms with Gasteiger partial charge in [-0.25, -0.2) is 0 Å². The molecular weight excluding hydrogens is 425 g/mol. The third-order valence-corrected chi connectivity index (χ3v) is 6.26. The van der Waals surface area contributed by atoms with Gasteiger partial charge in [0, 0.05) is 41.0 Å². The zero-order valence-electron chi connectivity index (χ0n) is 16.5. The Kier molecular flexibility index (Phi) is 6.49. The lowest BCUT2D eigenvalue weighted by Gasteiger charge is -2.31. The summed E-state index contributed by atoms with van der Waals surface area (Å²) in [5.41, 5.74) is 1.56. The molecule has 1 fully saturated rings. The fraction of sp³-hybridized carbons (Fsp3) is 0.391. The number of Topliss-reactive ketones (excluding diaryl/α,β-unsaturated/α-hetero) is 1. The molecule has 158 valence electrons. The van der Waals surface area contributed by atoms with E-state index in [1.807, 2.05) is 11.0 Å². The standard InChI is InChI=1S/C23H23Cl2NO4/c24-18-4-1-15(19(25)14-18)3-6-22(27)26-9-7-16(8-10-26)23(28)17-2-5-20-21(13-17)30-12-11-29-20/h1-2,4-5,13-14,16H,3,6-12H2. The number of amides is 1.